The van der Waals surface area contributed by atoms with Crippen molar-refractivity contribution in [1.82, 2.24) is 15.3 Å². The van der Waals surface area contributed by atoms with E-state index < -0.39 is 0 Å². The first-order valence-corrected chi connectivity index (χ1v) is 7.18. The topological polar surface area (TPSA) is 47.0 Å². The zero-order valence-electron chi connectivity index (χ0n) is 11.7. The molecule has 1 unspecified atom stereocenters. The van der Waals surface area contributed by atoms with Crippen LogP contribution in [0.4, 0.5) is 0 Å². The molecule has 0 aliphatic carbocycles. The number of nitrogens with one attached hydrogen (secondary N) is 1. The van der Waals surface area contributed by atoms with Gasteiger partial charge in [-0.25, -0.2) is 9.97 Å². The second-order valence-electron chi connectivity index (χ2n) is 4.34. The first-order valence-electron chi connectivity index (χ1n) is 6.36. The minimum atomic E-state index is 0.336. The monoisotopic (exact) mass is 277 g/mol. The average molecular weight is 277 g/mol. The van der Waals surface area contributed by atoms with Gasteiger partial charge in [-0.3, -0.25) is 0 Å². The van der Waals surface area contributed by atoms with Crippen LogP contribution in [-0.4, -0.2) is 23.6 Å². The fourth-order valence-electron chi connectivity index (χ4n) is 1.96. The van der Waals surface area contributed by atoms with E-state index in [9.17, 15) is 0 Å². The van der Waals surface area contributed by atoms with Gasteiger partial charge in [-0.15, -0.1) is 11.3 Å². The van der Waals surface area contributed by atoms with E-state index >= 15 is 0 Å². The summed E-state index contributed by atoms with van der Waals surface area (Å²) >= 11 is 1.72. The van der Waals surface area contributed by atoms with Crippen molar-refractivity contribution in [2.75, 3.05) is 13.7 Å². The van der Waals surface area contributed by atoms with Crippen LogP contribution in [0.2, 0.25) is 0 Å². The van der Waals surface area contributed by atoms with E-state index in [-0.39, 0.29) is 0 Å². The van der Waals surface area contributed by atoms with Crippen molar-refractivity contribution in [3.8, 4) is 16.5 Å². The molecule has 19 heavy (non-hydrogen) atoms. The summed E-state index contributed by atoms with van der Waals surface area (Å²) in [5.41, 5.74) is 2.12. The lowest BCUT2D eigenvalue weighted by atomic mass is 10.2. The minimum Gasteiger partial charge on any atom is -0.481 e. The van der Waals surface area contributed by atoms with Gasteiger partial charge in [0.25, 0.3) is 0 Å². The zero-order valence-corrected chi connectivity index (χ0v) is 12.5. The van der Waals surface area contributed by atoms with Crippen LogP contribution in [0.1, 0.15) is 30.5 Å². The zero-order chi connectivity index (χ0) is 13.8. The van der Waals surface area contributed by atoms with E-state index in [2.05, 4.69) is 36.1 Å². The molecule has 0 aliphatic rings. The number of methoxy groups -OCH3 is 1. The standard InChI is InChI=1S/C14H19N3OS/c1-5-15-9(2)13-10(3)17-14(19-13)11-6-7-12(18-4)16-8-11/h6-9,15H,5H2,1-4H3. The Morgan fingerprint density at radius 3 is 2.79 bits per heavy atom. The van der Waals surface area contributed by atoms with E-state index in [1.807, 2.05) is 12.1 Å². The summed E-state index contributed by atoms with van der Waals surface area (Å²) in [5.74, 6) is 0.623. The third-order valence-electron chi connectivity index (χ3n) is 2.93. The van der Waals surface area contributed by atoms with E-state index in [0.717, 1.165) is 22.8 Å². The Hall–Kier alpha value is -1.46. The van der Waals surface area contributed by atoms with Crippen molar-refractivity contribution in [2.24, 2.45) is 0 Å². The number of thiazole rings is 1. The molecule has 1 atom stereocenters. The lowest BCUT2D eigenvalue weighted by molar-refractivity contribution is 0.398. The predicted molar refractivity (Wildman–Crippen MR) is 78.7 cm³/mol. The number of hydrogen-bond donors (Lipinski definition) is 1. The molecule has 5 heteroatoms. The minimum absolute atomic E-state index is 0.336. The number of ether oxygens (including phenoxy) is 1. The second kappa shape index (κ2) is 6.12. The van der Waals surface area contributed by atoms with Crippen molar-refractivity contribution in [3.63, 3.8) is 0 Å². The Kier molecular flexibility index (Phi) is 4.50. The molecule has 0 spiro atoms. The highest BCUT2D eigenvalue weighted by Crippen LogP contribution is 2.31. The highest BCUT2D eigenvalue weighted by atomic mass is 32.1. The third-order valence-corrected chi connectivity index (χ3v) is 4.32. The van der Waals surface area contributed by atoms with E-state index in [1.54, 1.807) is 24.6 Å². The van der Waals surface area contributed by atoms with Gasteiger partial charge in [0, 0.05) is 28.7 Å². The molecular formula is C14H19N3OS. The van der Waals surface area contributed by atoms with Gasteiger partial charge in [0.2, 0.25) is 5.88 Å². The summed E-state index contributed by atoms with van der Waals surface area (Å²) in [7, 11) is 1.62. The van der Waals surface area contributed by atoms with Gasteiger partial charge in [-0.2, -0.15) is 0 Å². The van der Waals surface area contributed by atoms with Crippen molar-refractivity contribution < 1.29 is 4.74 Å². The maximum absolute atomic E-state index is 5.07. The number of rotatable bonds is 5. The molecule has 0 bridgehead atoms. The SMILES string of the molecule is CCNC(C)c1sc(-c2ccc(OC)nc2)nc1C. The van der Waals surface area contributed by atoms with Crippen LogP contribution in [0.5, 0.6) is 5.88 Å². The number of pyridine rings is 1. The van der Waals surface area contributed by atoms with Gasteiger partial charge in [-0.1, -0.05) is 6.92 Å². The third kappa shape index (κ3) is 3.11. The quantitative estimate of drug-likeness (QED) is 0.911. The van der Waals surface area contributed by atoms with E-state index in [0.29, 0.717) is 11.9 Å². The molecule has 0 saturated carbocycles. The fraction of sp³-hybridized carbons (Fsp3) is 0.429. The molecule has 2 heterocycles. The molecular weight excluding hydrogens is 258 g/mol. The Labute approximate surface area is 117 Å². The Balaban J connectivity index is 2.27. The van der Waals surface area contributed by atoms with Crippen molar-refractivity contribution in [3.05, 3.63) is 28.9 Å². The largest absolute Gasteiger partial charge is 0.481 e. The van der Waals surface area contributed by atoms with Gasteiger partial charge in [0.05, 0.1) is 12.8 Å². The average Bonchev–Trinajstić information content (AvgIpc) is 2.81. The molecule has 0 amide bonds. The fourth-order valence-corrected chi connectivity index (χ4v) is 3.04. The van der Waals surface area contributed by atoms with Gasteiger partial charge >= 0.3 is 0 Å². The highest BCUT2D eigenvalue weighted by Gasteiger charge is 2.14. The van der Waals surface area contributed by atoms with Crippen LogP contribution in [0, 0.1) is 6.92 Å². The Morgan fingerprint density at radius 1 is 1.42 bits per heavy atom. The number of nitrogens with zero attached hydrogens (tertiary/aromatic N) is 2. The molecule has 2 aromatic heterocycles. The molecule has 2 aromatic rings. The lowest BCUT2D eigenvalue weighted by Crippen LogP contribution is -2.17. The molecule has 4 nitrogen and oxygen atoms in total. The van der Waals surface area contributed by atoms with Crippen LogP contribution < -0.4 is 10.1 Å². The molecule has 0 fully saturated rings. The van der Waals surface area contributed by atoms with E-state index in [1.165, 1.54) is 4.88 Å². The number of aryl methyl sites for hydroxylation is 1. The first kappa shape index (κ1) is 14.0. The summed E-state index contributed by atoms with van der Waals surface area (Å²) in [6.07, 6.45) is 1.80. The second-order valence-corrected chi connectivity index (χ2v) is 5.37. The maximum Gasteiger partial charge on any atom is 0.212 e. The summed E-state index contributed by atoms with van der Waals surface area (Å²) in [6, 6.07) is 4.19. The molecule has 2 rings (SSSR count). The summed E-state index contributed by atoms with van der Waals surface area (Å²) in [4.78, 5) is 10.1. The van der Waals surface area contributed by atoms with Crippen molar-refractivity contribution >= 4 is 11.3 Å². The molecule has 0 radical (unpaired) electrons. The summed E-state index contributed by atoms with van der Waals surface area (Å²) < 4.78 is 5.07. The normalized spacial score (nSPS) is 12.4. The van der Waals surface area contributed by atoms with E-state index in [4.69, 9.17) is 4.74 Å². The maximum atomic E-state index is 5.07. The molecule has 0 aromatic carbocycles. The summed E-state index contributed by atoms with van der Waals surface area (Å²) in [5, 5.41) is 4.43. The molecule has 0 aliphatic heterocycles. The number of aromatic nitrogens is 2. The summed E-state index contributed by atoms with van der Waals surface area (Å²) in [6.45, 7) is 7.29. The smallest absolute Gasteiger partial charge is 0.212 e. The Morgan fingerprint density at radius 2 is 2.21 bits per heavy atom. The lowest BCUT2D eigenvalue weighted by Gasteiger charge is -2.09. The number of hydrogen-bond acceptors (Lipinski definition) is 5. The van der Waals surface area contributed by atoms with Crippen LogP contribution in [0.3, 0.4) is 0 Å². The van der Waals surface area contributed by atoms with Crippen molar-refractivity contribution in [1.29, 1.82) is 0 Å². The van der Waals surface area contributed by atoms with Gasteiger partial charge < -0.3 is 10.1 Å². The van der Waals surface area contributed by atoms with Crippen LogP contribution in [0.15, 0.2) is 18.3 Å². The Bertz CT molecular complexity index is 536. The van der Waals surface area contributed by atoms with Crippen LogP contribution in [0.25, 0.3) is 10.6 Å². The molecule has 1 N–H and O–H groups in total. The van der Waals surface area contributed by atoms with Crippen molar-refractivity contribution in [2.45, 2.75) is 26.8 Å². The first-order chi connectivity index (χ1) is 9.15. The molecule has 102 valence electrons. The van der Waals surface area contributed by atoms with Gasteiger partial charge in [-0.05, 0) is 26.5 Å². The highest BCUT2D eigenvalue weighted by molar-refractivity contribution is 7.15. The predicted octanol–water partition coefficient (Wildman–Crippen LogP) is 3.19. The van der Waals surface area contributed by atoms with Crippen LogP contribution >= 0.6 is 11.3 Å². The molecule has 0 saturated heterocycles. The van der Waals surface area contributed by atoms with Gasteiger partial charge in [0.15, 0.2) is 0 Å². The van der Waals surface area contributed by atoms with Gasteiger partial charge in [0.1, 0.15) is 5.01 Å². The van der Waals surface area contributed by atoms with Crippen LogP contribution in [-0.2, 0) is 0 Å².